The Hall–Kier alpha value is -2.90. The predicted molar refractivity (Wildman–Crippen MR) is 145 cm³/mol. The Morgan fingerprint density at radius 2 is 1.54 bits per heavy atom. The first-order valence-corrected chi connectivity index (χ1v) is 13.5. The minimum atomic E-state index is -0.937. The zero-order chi connectivity index (χ0) is 26.9. The van der Waals surface area contributed by atoms with E-state index in [1.54, 1.807) is 0 Å². The lowest BCUT2D eigenvalue weighted by Crippen LogP contribution is -2.63. The predicted octanol–water partition coefficient (Wildman–Crippen LogP) is 4.74. The van der Waals surface area contributed by atoms with Crippen LogP contribution in [0, 0.1) is 5.92 Å². The molecule has 202 valence electrons. The van der Waals surface area contributed by atoms with Crippen LogP contribution in [0.15, 0.2) is 60.7 Å². The van der Waals surface area contributed by atoms with Crippen molar-refractivity contribution in [2.45, 2.75) is 83.6 Å². The number of carbonyl (C=O) groups is 2. The first-order chi connectivity index (χ1) is 17.5. The van der Waals surface area contributed by atoms with Crippen LogP contribution < -0.4 is 10.7 Å². The molecule has 0 saturated heterocycles. The molecule has 37 heavy (non-hydrogen) atoms. The number of ether oxygens (including phenoxy) is 1. The highest BCUT2D eigenvalue weighted by atomic mass is 16.6. The first kappa shape index (κ1) is 28.7. The molecule has 3 rings (SSSR count). The number of benzene rings is 2. The van der Waals surface area contributed by atoms with Crippen LogP contribution in [0.25, 0.3) is 0 Å². The molecule has 2 aromatic rings. The van der Waals surface area contributed by atoms with E-state index in [1.807, 2.05) is 88.5 Å². The van der Waals surface area contributed by atoms with Crippen LogP contribution in [0.2, 0.25) is 0 Å². The van der Waals surface area contributed by atoms with E-state index in [0.717, 1.165) is 36.8 Å². The number of nitrogens with one attached hydrogen (secondary N) is 2. The maximum Gasteiger partial charge on any atom is 0.407 e. The zero-order valence-electron chi connectivity index (χ0n) is 22.8. The maximum absolute atomic E-state index is 13.3. The topological polar surface area (TPSA) is 87.7 Å². The Balaban J connectivity index is 1.81. The summed E-state index contributed by atoms with van der Waals surface area (Å²) >= 11 is 0. The lowest BCUT2D eigenvalue weighted by molar-refractivity contribution is -0.959. The van der Waals surface area contributed by atoms with Gasteiger partial charge in [-0.1, -0.05) is 79.9 Å². The third kappa shape index (κ3) is 9.82. The molecule has 0 heterocycles. The second kappa shape index (κ2) is 13.1. The molecule has 1 aliphatic rings. The number of aliphatic hydroxyl groups is 1. The van der Waals surface area contributed by atoms with Gasteiger partial charge in [-0.05, 0) is 45.6 Å². The molecule has 7 nitrogen and oxygen atoms in total. The highest BCUT2D eigenvalue weighted by Crippen LogP contribution is 2.25. The summed E-state index contributed by atoms with van der Waals surface area (Å²) in [6.45, 7) is 6.17. The lowest BCUT2D eigenvalue weighted by Gasteiger charge is -2.38. The van der Waals surface area contributed by atoms with E-state index in [0.29, 0.717) is 13.0 Å². The van der Waals surface area contributed by atoms with Crippen molar-refractivity contribution in [3.8, 4) is 0 Å². The number of rotatable bonds is 10. The van der Waals surface area contributed by atoms with Gasteiger partial charge in [-0.3, -0.25) is 4.79 Å². The summed E-state index contributed by atoms with van der Waals surface area (Å²) in [5.74, 6) is 0.0316. The summed E-state index contributed by atoms with van der Waals surface area (Å²) < 4.78 is 5.62. The van der Waals surface area contributed by atoms with Crippen molar-refractivity contribution in [3.63, 3.8) is 0 Å². The smallest absolute Gasteiger partial charge is 0.407 e. The Labute approximate surface area is 221 Å². The van der Waals surface area contributed by atoms with Gasteiger partial charge in [0.1, 0.15) is 24.8 Å². The van der Waals surface area contributed by atoms with Crippen molar-refractivity contribution in [1.29, 1.82) is 0 Å². The minimum absolute atomic E-state index is 0.000815. The second-order valence-electron chi connectivity index (χ2n) is 11.5. The number of aliphatic hydroxyl groups excluding tert-OH is 1. The van der Waals surface area contributed by atoms with E-state index >= 15 is 0 Å². The maximum atomic E-state index is 13.3. The number of alkyl carbamates (subject to hydrolysis) is 1. The molecule has 1 saturated carbocycles. The van der Waals surface area contributed by atoms with E-state index in [-0.39, 0.29) is 23.0 Å². The number of amides is 2. The van der Waals surface area contributed by atoms with Gasteiger partial charge in [0, 0.05) is 11.5 Å². The molecule has 1 fully saturated rings. The van der Waals surface area contributed by atoms with Crippen molar-refractivity contribution in [2.24, 2.45) is 5.92 Å². The number of carbonyl (C=O) groups excluding carboxylic acids is 2. The molecule has 1 unspecified atom stereocenters. The van der Waals surface area contributed by atoms with Crippen molar-refractivity contribution in [2.75, 3.05) is 13.6 Å². The fraction of sp³-hybridized carbons (Fsp3) is 0.533. The molecule has 0 aliphatic heterocycles. The highest BCUT2D eigenvalue weighted by Gasteiger charge is 2.36. The standard InChI is InChI=1S/C30H43N3O4/c1-30(2,3)37-29(36)31-26(20-23-14-8-5-9-15-23)27(34)22-33(4,21-24-16-10-6-11-17-24)32-28(35)25-18-12-7-13-19-25/h5-6,8-11,14-17,25-27,34H,7,12-13,18-22H2,1-4H3,(H-,31,32,35,36)/p+1/t26-,27-,33?/m0/s1. The zero-order valence-corrected chi connectivity index (χ0v) is 22.8. The highest BCUT2D eigenvalue weighted by molar-refractivity contribution is 5.77. The van der Waals surface area contributed by atoms with Crippen LogP contribution in [0.3, 0.4) is 0 Å². The minimum Gasteiger partial charge on any atom is -0.444 e. The third-order valence-electron chi connectivity index (χ3n) is 6.79. The quantitative estimate of drug-likeness (QED) is 0.318. The van der Waals surface area contributed by atoms with Crippen LogP contribution >= 0.6 is 0 Å². The number of hydrogen-bond acceptors (Lipinski definition) is 4. The van der Waals surface area contributed by atoms with Gasteiger partial charge in [-0.15, -0.1) is 0 Å². The van der Waals surface area contributed by atoms with Crippen molar-refractivity contribution in [3.05, 3.63) is 71.8 Å². The molecule has 2 amide bonds. The summed E-state index contributed by atoms with van der Waals surface area (Å²) in [6, 6.07) is 19.1. The summed E-state index contributed by atoms with van der Waals surface area (Å²) in [7, 11) is 1.93. The van der Waals surface area contributed by atoms with Gasteiger partial charge in [-0.25, -0.2) is 14.8 Å². The van der Waals surface area contributed by atoms with Gasteiger partial charge in [-0.2, -0.15) is 0 Å². The van der Waals surface area contributed by atoms with Crippen LogP contribution in [0.1, 0.15) is 64.0 Å². The first-order valence-electron chi connectivity index (χ1n) is 13.5. The number of hydrogen-bond donors (Lipinski definition) is 3. The molecular formula is C30H44N3O4+. The molecule has 0 aromatic heterocycles. The molecule has 7 heteroatoms. The molecule has 0 spiro atoms. The summed E-state index contributed by atoms with van der Waals surface area (Å²) in [5.41, 5.74) is 4.64. The van der Waals surface area contributed by atoms with Gasteiger partial charge in [0.15, 0.2) is 0 Å². The number of nitrogens with zero attached hydrogens (tertiary/aromatic N) is 1. The fourth-order valence-electron chi connectivity index (χ4n) is 5.01. The summed E-state index contributed by atoms with van der Waals surface area (Å²) in [5, 5.41) is 14.4. The van der Waals surface area contributed by atoms with Gasteiger partial charge < -0.3 is 15.2 Å². The Morgan fingerprint density at radius 1 is 0.973 bits per heavy atom. The average Bonchev–Trinajstić information content (AvgIpc) is 2.84. The van der Waals surface area contributed by atoms with Crippen LogP contribution in [-0.2, 0) is 22.5 Å². The van der Waals surface area contributed by atoms with Crippen molar-refractivity contribution >= 4 is 12.0 Å². The van der Waals surface area contributed by atoms with Crippen LogP contribution in [-0.4, -0.2) is 53.0 Å². The molecule has 3 N–H and O–H groups in total. The number of likely N-dealkylation sites (N-methyl/N-ethyl adjacent to an activating group) is 1. The largest absolute Gasteiger partial charge is 0.444 e. The van der Waals surface area contributed by atoms with Crippen LogP contribution in [0.4, 0.5) is 4.79 Å². The summed E-state index contributed by atoms with van der Waals surface area (Å²) in [6.07, 6.45) is 4.04. The van der Waals surface area contributed by atoms with Gasteiger partial charge in [0.25, 0.3) is 5.91 Å². The van der Waals surface area contributed by atoms with E-state index in [2.05, 4.69) is 10.7 Å². The molecule has 0 radical (unpaired) electrons. The SMILES string of the molecule is CC(C)(C)OC(=O)N[C@@H](Cc1ccccc1)[C@@H](O)C[N+](C)(Cc1ccccc1)NC(=O)C1CCCCC1. The lowest BCUT2D eigenvalue weighted by atomic mass is 9.89. The Bertz CT molecular complexity index is 987. The third-order valence-corrected chi connectivity index (χ3v) is 6.79. The van der Waals surface area contributed by atoms with Crippen molar-refractivity contribution < 1.29 is 24.0 Å². The molecular weight excluding hydrogens is 466 g/mol. The average molecular weight is 511 g/mol. The van der Waals surface area contributed by atoms with E-state index in [9.17, 15) is 14.7 Å². The fourth-order valence-corrected chi connectivity index (χ4v) is 5.01. The van der Waals surface area contributed by atoms with Crippen molar-refractivity contribution in [1.82, 2.24) is 10.7 Å². The molecule has 1 aliphatic carbocycles. The Kier molecular flexibility index (Phi) is 10.1. The molecule has 3 atom stereocenters. The van der Waals surface area contributed by atoms with Gasteiger partial charge in [0.2, 0.25) is 0 Å². The number of quaternary nitrogens is 1. The second-order valence-corrected chi connectivity index (χ2v) is 11.5. The van der Waals surface area contributed by atoms with Gasteiger partial charge in [0.05, 0.1) is 13.1 Å². The van der Waals surface area contributed by atoms with E-state index in [1.165, 1.54) is 6.42 Å². The van der Waals surface area contributed by atoms with Gasteiger partial charge >= 0.3 is 6.09 Å². The molecule has 2 aromatic carbocycles. The Morgan fingerprint density at radius 3 is 2.11 bits per heavy atom. The van der Waals surface area contributed by atoms with E-state index in [4.69, 9.17) is 4.74 Å². The van der Waals surface area contributed by atoms with Crippen LogP contribution in [0.5, 0.6) is 0 Å². The monoisotopic (exact) mass is 510 g/mol. The molecule has 0 bridgehead atoms. The summed E-state index contributed by atoms with van der Waals surface area (Å²) in [4.78, 5) is 26.0. The van der Waals surface area contributed by atoms with E-state index < -0.39 is 23.8 Å². The normalized spacial score (nSPS) is 17.8.